The van der Waals surface area contributed by atoms with Crippen LogP contribution in [0.1, 0.15) is 35.9 Å². The number of nitrogens with one attached hydrogen (secondary N) is 2. The Kier molecular flexibility index (Phi) is 5.16. The highest BCUT2D eigenvalue weighted by molar-refractivity contribution is 6.31. The molecule has 4 nitrogen and oxygen atoms in total. The van der Waals surface area contributed by atoms with Crippen molar-refractivity contribution in [1.29, 1.82) is 0 Å². The van der Waals surface area contributed by atoms with Crippen LogP contribution in [0.2, 0.25) is 5.02 Å². The molecule has 3 aromatic rings. The van der Waals surface area contributed by atoms with Crippen LogP contribution in [0.3, 0.4) is 0 Å². The summed E-state index contributed by atoms with van der Waals surface area (Å²) in [6.07, 6.45) is 1.16. The molecule has 1 heterocycles. The van der Waals surface area contributed by atoms with Gasteiger partial charge in [-0.2, -0.15) is 0 Å². The molecule has 0 bridgehead atoms. The van der Waals surface area contributed by atoms with E-state index in [-0.39, 0.29) is 17.7 Å². The summed E-state index contributed by atoms with van der Waals surface area (Å²) in [5.74, 6) is 0.944. The average molecular weight is 431 g/mol. The van der Waals surface area contributed by atoms with Crippen molar-refractivity contribution >= 4 is 28.8 Å². The lowest BCUT2D eigenvalue weighted by Gasteiger charge is -2.30. The molecule has 3 aromatic carbocycles. The molecule has 0 saturated heterocycles. The number of para-hydroxylation sites is 2. The lowest BCUT2D eigenvalue weighted by molar-refractivity contribution is -0.116. The number of anilines is 2. The fraction of sp³-hybridized carbons (Fsp3) is 0.192. The SMILES string of the molecule is COc1cccc(C2Nc3ccccc3NC3=C2C(=O)CC(c2ccccc2Cl)C3)c1. The third-order valence-corrected chi connectivity index (χ3v) is 6.43. The van der Waals surface area contributed by atoms with E-state index < -0.39 is 0 Å². The Bertz CT molecular complexity index is 1190. The lowest BCUT2D eigenvalue weighted by Crippen LogP contribution is -2.27. The molecule has 0 fully saturated rings. The molecule has 5 rings (SSSR count). The van der Waals surface area contributed by atoms with Crippen molar-refractivity contribution in [3.8, 4) is 5.75 Å². The van der Waals surface area contributed by atoms with E-state index in [4.69, 9.17) is 16.3 Å². The Balaban J connectivity index is 1.62. The van der Waals surface area contributed by atoms with Gasteiger partial charge in [-0.05, 0) is 53.8 Å². The van der Waals surface area contributed by atoms with Gasteiger partial charge in [-0.1, -0.05) is 54.1 Å². The fourth-order valence-electron chi connectivity index (χ4n) is 4.59. The number of rotatable bonds is 3. The Hall–Kier alpha value is -3.24. The number of allylic oxidation sites excluding steroid dienone is 1. The molecule has 2 N–H and O–H groups in total. The second-order valence-corrected chi connectivity index (χ2v) is 8.37. The average Bonchev–Trinajstić information content (AvgIpc) is 2.96. The quantitative estimate of drug-likeness (QED) is 0.509. The minimum absolute atomic E-state index is 0.0451. The van der Waals surface area contributed by atoms with Gasteiger partial charge in [0.15, 0.2) is 5.78 Å². The van der Waals surface area contributed by atoms with Crippen LogP contribution in [0, 0.1) is 0 Å². The van der Waals surface area contributed by atoms with Gasteiger partial charge in [0.25, 0.3) is 0 Å². The Morgan fingerprint density at radius 3 is 2.52 bits per heavy atom. The first-order valence-corrected chi connectivity index (χ1v) is 10.8. The second-order valence-electron chi connectivity index (χ2n) is 7.97. The van der Waals surface area contributed by atoms with Crippen LogP contribution in [0.5, 0.6) is 5.75 Å². The Morgan fingerprint density at radius 2 is 1.71 bits per heavy atom. The number of halogens is 1. The third-order valence-electron chi connectivity index (χ3n) is 6.08. The van der Waals surface area contributed by atoms with Gasteiger partial charge in [-0.15, -0.1) is 0 Å². The maximum Gasteiger partial charge on any atom is 0.163 e. The standard InChI is InChI=1S/C26H23ClN2O2/c1-31-18-8-6-7-16(13-18)26-25-23(28-21-11-4-5-12-22(21)29-26)14-17(15-24(25)30)19-9-2-3-10-20(19)27/h2-13,17,26,28-29H,14-15H2,1H3. The topological polar surface area (TPSA) is 50.4 Å². The molecule has 2 aliphatic rings. The molecule has 0 saturated carbocycles. The zero-order valence-corrected chi connectivity index (χ0v) is 17.9. The molecule has 156 valence electrons. The number of fused-ring (bicyclic) bond motifs is 1. The van der Waals surface area contributed by atoms with Crippen LogP contribution in [0.4, 0.5) is 11.4 Å². The van der Waals surface area contributed by atoms with E-state index in [2.05, 4.69) is 10.6 Å². The van der Waals surface area contributed by atoms with Crippen molar-refractivity contribution in [2.75, 3.05) is 17.7 Å². The van der Waals surface area contributed by atoms with E-state index in [0.717, 1.165) is 45.9 Å². The van der Waals surface area contributed by atoms with Crippen LogP contribution in [-0.4, -0.2) is 12.9 Å². The van der Waals surface area contributed by atoms with E-state index in [1.165, 1.54) is 0 Å². The van der Waals surface area contributed by atoms with Gasteiger partial charge in [-0.3, -0.25) is 4.79 Å². The van der Waals surface area contributed by atoms with Crippen LogP contribution >= 0.6 is 11.6 Å². The maximum absolute atomic E-state index is 13.6. The minimum atomic E-state index is -0.263. The predicted octanol–water partition coefficient (Wildman–Crippen LogP) is 6.33. The molecule has 5 heteroatoms. The number of hydrogen-bond acceptors (Lipinski definition) is 4. The summed E-state index contributed by atoms with van der Waals surface area (Å²) in [5, 5.41) is 7.87. The molecular weight excluding hydrogens is 408 g/mol. The first-order chi connectivity index (χ1) is 15.1. The highest BCUT2D eigenvalue weighted by Crippen LogP contribution is 2.45. The smallest absolute Gasteiger partial charge is 0.163 e. The number of carbonyl (C=O) groups excluding carboxylic acids is 1. The lowest BCUT2D eigenvalue weighted by atomic mass is 9.78. The summed E-state index contributed by atoms with van der Waals surface area (Å²) < 4.78 is 5.44. The van der Waals surface area contributed by atoms with E-state index >= 15 is 0 Å². The maximum atomic E-state index is 13.6. The van der Waals surface area contributed by atoms with Crippen molar-refractivity contribution in [3.63, 3.8) is 0 Å². The summed E-state index contributed by atoms with van der Waals surface area (Å²) in [6.45, 7) is 0. The van der Waals surface area contributed by atoms with Crippen molar-refractivity contribution < 1.29 is 9.53 Å². The number of benzene rings is 3. The van der Waals surface area contributed by atoms with Crippen LogP contribution in [0.15, 0.2) is 84.1 Å². The molecule has 0 amide bonds. The normalized spacial score (nSPS) is 20.1. The summed E-state index contributed by atoms with van der Waals surface area (Å²) in [5.41, 5.74) is 5.68. The van der Waals surface area contributed by atoms with Crippen molar-refractivity contribution in [1.82, 2.24) is 0 Å². The van der Waals surface area contributed by atoms with E-state index in [1.54, 1.807) is 7.11 Å². The van der Waals surface area contributed by atoms with Gasteiger partial charge in [0.1, 0.15) is 5.75 Å². The fourth-order valence-corrected chi connectivity index (χ4v) is 4.88. The molecular formula is C26H23ClN2O2. The number of carbonyl (C=O) groups is 1. The highest BCUT2D eigenvalue weighted by Gasteiger charge is 2.36. The number of Topliss-reactive ketones (excluding diaryl/α,β-unsaturated/α-hetero) is 1. The monoisotopic (exact) mass is 430 g/mol. The van der Waals surface area contributed by atoms with E-state index in [9.17, 15) is 4.79 Å². The summed E-state index contributed by atoms with van der Waals surface area (Å²) in [6, 6.07) is 23.5. The minimum Gasteiger partial charge on any atom is -0.497 e. The number of ether oxygens (including phenoxy) is 1. The Morgan fingerprint density at radius 1 is 0.935 bits per heavy atom. The predicted molar refractivity (Wildman–Crippen MR) is 125 cm³/mol. The van der Waals surface area contributed by atoms with Crippen molar-refractivity contribution in [2.45, 2.75) is 24.8 Å². The molecule has 1 aliphatic carbocycles. The van der Waals surface area contributed by atoms with E-state index in [0.29, 0.717) is 11.4 Å². The molecule has 31 heavy (non-hydrogen) atoms. The van der Waals surface area contributed by atoms with Gasteiger partial charge in [0.05, 0.1) is 24.5 Å². The number of hydrogen-bond donors (Lipinski definition) is 2. The number of ketones is 1. The molecule has 0 radical (unpaired) electrons. The first kappa shape index (κ1) is 19.7. The van der Waals surface area contributed by atoms with Gasteiger partial charge >= 0.3 is 0 Å². The molecule has 2 atom stereocenters. The molecule has 0 aromatic heterocycles. The first-order valence-electron chi connectivity index (χ1n) is 10.4. The van der Waals surface area contributed by atoms with Crippen LogP contribution in [-0.2, 0) is 4.79 Å². The second kappa shape index (κ2) is 8.12. The summed E-state index contributed by atoms with van der Waals surface area (Å²) >= 11 is 6.48. The summed E-state index contributed by atoms with van der Waals surface area (Å²) in [7, 11) is 1.65. The summed E-state index contributed by atoms with van der Waals surface area (Å²) in [4.78, 5) is 13.6. The largest absolute Gasteiger partial charge is 0.497 e. The van der Waals surface area contributed by atoms with Crippen LogP contribution < -0.4 is 15.4 Å². The highest BCUT2D eigenvalue weighted by atomic mass is 35.5. The van der Waals surface area contributed by atoms with Crippen LogP contribution in [0.25, 0.3) is 0 Å². The van der Waals surface area contributed by atoms with Crippen molar-refractivity contribution in [3.05, 3.63) is 100 Å². The zero-order chi connectivity index (χ0) is 21.4. The van der Waals surface area contributed by atoms with Gasteiger partial charge in [-0.25, -0.2) is 0 Å². The van der Waals surface area contributed by atoms with Crippen molar-refractivity contribution in [2.24, 2.45) is 0 Å². The molecule has 2 unspecified atom stereocenters. The van der Waals surface area contributed by atoms with Gasteiger partial charge in [0.2, 0.25) is 0 Å². The third kappa shape index (κ3) is 3.68. The molecule has 0 spiro atoms. The van der Waals surface area contributed by atoms with Gasteiger partial charge in [0, 0.05) is 22.7 Å². The zero-order valence-electron chi connectivity index (χ0n) is 17.2. The molecule has 1 aliphatic heterocycles. The van der Waals surface area contributed by atoms with E-state index in [1.807, 2.05) is 72.8 Å². The Labute approximate surface area is 186 Å². The van der Waals surface area contributed by atoms with Gasteiger partial charge < -0.3 is 15.4 Å². The number of methoxy groups -OCH3 is 1.